The Morgan fingerprint density at radius 2 is 0.762 bits per heavy atom. The Hall–Kier alpha value is -7.98. The van der Waals surface area contributed by atoms with E-state index in [1.165, 1.54) is 86.6 Å². The molecular formula is C60H42N2Si. The smallest absolute Gasteiger partial charge is 0.180 e. The molecule has 2 aromatic heterocycles. The standard InChI is InChI=1S/C60H42N2Si/c1-6-23-43(24-7-1)48-33-16-19-36-52(48)62-53-37-20-17-34-49(53)50-41-42-56(58(60(50)62)44-25-8-2-9-26-44)61-54-38-21-18-35-51(54)59-55(61)39-22-40-57(59)63(45-27-10-3-11-28-45,46-29-12-4-13-30-46)47-31-14-5-15-32-47/h1-42H. The van der Waals surface area contributed by atoms with Crippen molar-refractivity contribution in [3.8, 4) is 33.6 Å². The lowest BCUT2D eigenvalue weighted by Crippen LogP contribution is -2.74. The minimum atomic E-state index is -2.92. The fraction of sp³-hybridized carbons (Fsp3) is 0. The van der Waals surface area contributed by atoms with Gasteiger partial charge in [-0.2, -0.15) is 0 Å². The van der Waals surface area contributed by atoms with Crippen molar-refractivity contribution >= 4 is 72.4 Å². The number of para-hydroxylation sites is 3. The van der Waals surface area contributed by atoms with Crippen LogP contribution in [-0.2, 0) is 0 Å². The number of benzene rings is 10. The minimum absolute atomic E-state index is 1.14. The van der Waals surface area contributed by atoms with E-state index in [2.05, 4.69) is 264 Å². The zero-order chi connectivity index (χ0) is 41.7. The van der Waals surface area contributed by atoms with Gasteiger partial charge in [-0.1, -0.05) is 224 Å². The van der Waals surface area contributed by atoms with Gasteiger partial charge in [-0.25, -0.2) is 0 Å². The molecule has 12 aromatic rings. The zero-order valence-electron chi connectivity index (χ0n) is 34.6. The van der Waals surface area contributed by atoms with E-state index in [1.54, 1.807) is 0 Å². The number of hydrogen-bond donors (Lipinski definition) is 0. The second kappa shape index (κ2) is 15.2. The number of rotatable bonds is 8. The van der Waals surface area contributed by atoms with E-state index < -0.39 is 8.07 Å². The van der Waals surface area contributed by atoms with Crippen molar-refractivity contribution in [2.45, 2.75) is 0 Å². The molecule has 0 radical (unpaired) electrons. The number of hydrogen-bond acceptors (Lipinski definition) is 0. The van der Waals surface area contributed by atoms with Gasteiger partial charge < -0.3 is 9.13 Å². The highest BCUT2D eigenvalue weighted by molar-refractivity contribution is 7.20. The molecule has 0 saturated heterocycles. The lowest BCUT2D eigenvalue weighted by atomic mass is 9.98. The third kappa shape index (κ3) is 5.71. The van der Waals surface area contributed by atoms with Crippen molar-refractivity contribution < 1.29 is 0 Å². The van der Waals surface area contributed by atoms with E-state index in [1.807, 2.05) is 0 Å². The number of nitrogens with zero attached hydrogens (tertiary/aromatic N) is 2. The highest BCUT2D eigenvalue weighted by Gasteiger charge is 2.43. The van der Waals surface area contributed by atoms with Crippen molar-refractivity contribution in [1.82, 2.24) is 9.13 Å². The molecule has 2 nitrogen and oxygen atoms in total. The van der Waals surface area contributed by atoms with Gasteiger partial charge in [-0.3, -0.25) is 0 Å². The molecule has 0 spiro atoms. The third-order valence-corrected chi connectivity index (χ3v) is 17.9. The van der Waals surface area contributed by atoms with Crippen LogP contribution in [-0.4, -0.2) is 17.2 Å². The van der Waals surface area contributed by atoms with Crippen LogP contribution < -0.4 is 20.7 Å². The van der Waals surface area contributed by atoms with Gasteiger partial charge in [0.15, 0.2) is 8.07 Å². The van der Waals surface area contributed by atoms with E-state index >= 15 is 0 Å². The summed E-state index contributed by atoms with van der Waals surface area (Å²) in [6.45, 7) is 0. The molecule has 2 heterocycles. The van der Waals surface area contributed by atoms with Gasteiger partial charge in [0.25, 0.3) is 0 Å². The molecule has 0 aliphatic carbocycles. The van der Waals surface area contributed by atoms with Crippen molar-refractivity contribution in [2.24, 2.45) is 0 Å². The molecule has 10 aromatic carbocycles. The summed E-state index contributed by atoms with van der Waals surface area (Å²) in [7, 11) is -2.92. The van der Waals surface area contributed by atoms with Gasteiger partial charge in [-0.05, 0) is 62.2 Å². The Bertz CT molecular complexity index is 3500. The monoisotopic (exact) mass is 818 g/mol. The summed E-state index contributed by atoms with van der Waals surface area (Å²) in [5.74, 6) is 0. The van der Waals surface area contributed by atoms with Crippen LogP contribution in [0, 0.1) is 0 Å². The molecule has 12 rings (SSSR count). The molecule has 0 saturated carbocycles. The van der Waals surface area contributed by atoms with E-state index in [-0.39, 0.29) is 0 Å². The maximum absolute atomic E-state index is 2.92. The van der Waals surface area contributed by atoms with Crippen LogP contribution >= 0.6 is 0 Å². The van der Waals surface area contributed by atoms with Gasteiger partial charge in [0.1, 0.15) is 0 Å². The van der Waals surface area contributed by atoms with Gasteiger partial charge in [0, 0.05) is 32.7 Å². The Balaban J connectivity index is 1.25. The molecule has 0 N–H and O–H groups in total. The lowest BCUT2D eigenvalue weighted by molar-refractivity contribution is 1.16. The first kappa shape index (κ1) is 36.8. The molecule has 63 heavy (non-hydrogen) atoms. The normalized spacial score (nSPS) is 11.8. The average molecular weight is 819 g/mol. The lowest BCUT2D eigenvalue weighted by Gasteiger charge is -2.35. The van der Waals surface area contributed by atoms with E-state index in [0.29, 0.717) is 0 Å². The van der Waals surface area contributed by atoms with Gasteiger partial charge >= 0.3 is 0 Å². The number of aromatic nitrogens is 2. The van der Waals surface area contributed by atoms with Crippen molar-refractivity contribution in [2.75, 3.05) is 0 Å². The molecular weight excluding hydrogens is 777 g/mol. The topological polar surface area (TPSA) is 9.86 Å². The van der Waals surface area contributed by atoms with Gasteiger partial charge in [-0.15, -0.1) is 0 Å². The number of fused-ring (bicyclic) bond motifs is 6. The van der Waals surface area contributed by atoms with E-state index in [9.17, 15) is 0 Å². The van der Waals surface area contributed by atoms with Crippen LogP contribution in [0.1, 0.15) is 0 Å². The molecule has 0 atom stereocenters. The summed E-state index contributed by atoms with van der Waals surface area (Å²) in [6, 6.07) is 94.3. The summed E-state index contributed by atoms with van der Waals surface area (Å²) < 4.78 is 5.08. The van der Waals surface area contributed by atoms with Crippen molar-refractivity contribution in [1.29, 1.82) is 0 Å². The van der Waals surface area contributed by atoms with Crippen LogP contribution in [0.3, 0.4) is 0 Å². The summed E-state index contributed by atoms with van der Waals surface area (Å²) in [6.07, 6.45) is 0. The molecule has 0 fully saturated rings. The molecule has 0 amide bonds. The highest BCUT2D eigenvalue weighted by Crippen LogP contribution is 2.45. The second-order valence-electron chi connectivity index (χ2n) is 16.4. The molecule has 0 bridgehead atoms. The first-order valence-corrected chi connectivity index (χ1v) is 23.8. The van der Waals surface area contributed by atoms with E-state index in [4.69, 9.17) is 0 Å². The SMILES string of the molecule is c1ccc(-c2ccccc2-n2c3ccccc3c3ccc(-n4c5ccccc5c5c([Si](c6ccccc6)(c6ccccc6)c6ccccc6)cccc54)c(-c4ccccc4)c32)cc1. The molecule has 0 aliphatic rings. The highest BCUT2D eigenvalue weighted by atomic mass is 28.3. The second-order valence-corrected chi connectivity index (χ2v) is 20.1. The molecule has 0 aliphatic heterocycles. The van der Waals surface area contributed by atoms with E-state index in [0.717, 1.165) is 11.4 Å². The summed E-state index contributed by atoms with van der Waals surface area (Å²) >= 11 is 0. The Labute approximate surface area is 368 Å². The van der Waals surface area contributed by atoms with Crippen LogP contribution in [0.2, 0.25) is 0 Å². The predicted molar refractivity (Wildman–Crippen MR) is 270 cm³/mol. The third-order valence-electron chi connectivity index (χ3n) is 13.1. The summed E-state index contributed by atoms with van der Waals surface area (Å²) in [5, 5.41) is 10.5. The first-order chi connectivity index (χ1) is 31.3. The molecule has 0 unspecified atom stereocenters. The fourth-order valence-electron chi connectivity index (χ4n) is 10.5. The summed E-state index contributed by atoms with van der Waals surface area (Å²) in [5.41, 5.74) is 11.8. The van der Waals surface area contributed by atoms with Crippen molar-refractivity contribution in [3.05, 3.63) is 255 Å². The quantitative estimate of drug-likeness (QED) is 0.107. The largest absolute Gasteiger partial charge is 0.309 e. The Morgan fingerprint density at radius 1 is 0.286 bits per heavy atom. The van der Waals surface area contributed by atoms with Crippen LogP contribution in [0.15, 0.2) is 255 Å². The van der Waals surface area contributed by atoms with Crippen LogP contribution in [0.25, 0.3) is 77.2 Å². The Morgan fingerprint density at radius 3 is 1.38 bits per heavy atom. The molecule has 296 valence electrons. The summed E-state index contributed by atoms with van der Waals surface area (Å²) in [4.78, 5) is 0. The maximum Gasteiger partial charge on any atom is 0.180 e. The van der Waals surface area contributed by atoms with Crippen molar-refractivity contribution in [3.63, 3.8) is 0 Å². The predicted octanol–water partition coefficient (Wildman–Crippen LogP) is 12.6. The van der Waals surface area contributed by atoms with Crippen LogP contribution in [0.4, 0.5) is 0 Å². The molecule has 3 heteroatoms. The maximum atomic E-state index is 2.56. The van der Waals surface area contributed by atoms with Gasteiger partial charge in [0.2, 0.25) is 0 Å². The first-order valence-electron chi connectivity index (χ1n) is 21.8. The average Bonchev–Trinajstić information content (AvgIpc) is 3.89. The minimum Gasteiger partial charge on any atom is -0.309 e. The Kier molecular flexibility index (Phi) is 8.87. The van der Waals surface area contributed by atoms with Crippen LogP contribution in [0.5, 0.6) is 0 Å². The fourth-order valence-corrected chi connectivity index (χ4v) is 15.5. The zero-order valence-corrected chi connectivity index (χ0v) is 35.6. The van der Waals surface area contributed by atoms with Gasteiger partial charge in [0.05, 0.1) is 33.4 Å².